The van der Waals surface area contributed by atoms with Gasteiger partial charge in [0, 0.05) is 25.7 Å². The van der Waals surface area contributed by atoms with Gasteiger partial charge in [0.15, 0.2) is 0 Å². The highest BCUT2D eigenvalue weighted by Crippen LogP contribution is 2.12. The van der Waals surface area contributed by atoms with Gasteiger partial charge in [-0.2, -0.15) is 0 Å². The number of hydrogen-bond donors (Lipinski definition) is 1. The van der Waals surface area contributed by atoms with Crippen LogP contribution in [0.1, 0.15) is 27.2 Å². The summed E-state index contributed by atoms with van der Waals surface area (Å²) in [5.74, 6) is 0.386. The van der Waals surface area contributed by atoms with Gasteiger partial charge in [0.1, 0.15) is 0 Å². The highest BCUT2D eigenvalue weighted by molar-refractivity contribution is 5.82. The molecule has 1 fully saturated rings. The Morgan fingerprint density at radius 1 is 1.50 bits per heavy atom. The van der Waals surface area contributed by atoms with E-state index in [9.17, 15) is 4.79 Å². The van der Waals surface area contributed by atoms with E-state index in [-0.39, 0.29) is 17.9 Å². The summed E-state index contributed by atoms with van der Waals surface area (Å²) < 4.78 is 0. The molecule has 0 spiro atoms. The minimum absolute atomic E-state index is 0.120. The highest BCUT2D eigenvalue weighted by Gasteiger charge is 2.29. The SMILES string of the molecule is CC[C@H](C)[C@H](N)C(=O)N1CCN(C)C(C)C1. The normalized spacial score (nSPS) is 26.6. The fourth-order valence-corrected chi connectivity index (χ4v) is 1.96. The quantitative estimate of drug-likeness (QED) is 0.765. The monoisotopic (exact) mass is 227 g/mol. The molecule has 4 nitrogen and oxygen atoms in total. The molecule has 16 heavy (non-hydrogen) atoms. The van der Waals surface area contributed by atoms with Crippen LogP contribution in [0.5, 0.6) is 0 Å². The molecule has 0 aromatic heterocycles. The van der Waals surface area contributed by atoms with Crippen LogP contribution in [0.3, 0.4) is 0 Å². The van der Waals surface area contributed by atoms with E-state index >= 15 is 0 Å². The Labute approximate surface area is 98.8 Å². The van der Waals surface area contributed by atoms with Crippen molar-refractivity contribution in [3.63, 3.8) is 0 Å². The summed E-state index contributed by atoms with van der Waals surface area (Å²) in [5, 5.41) is 0. The van der Waals surface area contributed by atoms with Gasteiger partial charge in [-0.1, -0.05) is 20.3 Å². The van der Waals surface area contributed by atoms with Gasteiger partial charge in [-0.15, -0.1) is 0 Å². The number of amides is 1. The summed E-state index contributed by atoms with van der Waals surface area (Å²) in [4.78, 5) is 16.3. The molecule has 1 amide bonds. The van der Waals surface area contributed by atoms with Gasteiger partial charge in [-0.25, -0.2) is 0 Å². The molecule has 0 aromatic carbocycles. The molecule has 1 unspecified atom stereocenters. The lowest BCUT2D eigenvalue weighted by Crippen LogP contribution is -2.56. The van der Waals surface area contributed by atoms with Crippen LogP contribution in [0.2, 0.25) is 0 Å². The molecule has 3 atom stereocenters. The molecule has 0 aliphatic carbocycles. The molecule has 0 aromatic rings. The third-order valence-corrected chi connectivity index (χ3v) is 3.81. The van der Waals surface area contributed by atoms with Crippen LogP contribution in [0.15, 0.2) is 0 Å². The number of carbonyl (C=O) groups excluding carboxylic acids is 1. The van der Waals surface area contributed by atoms with Crippen molar-refractivity contribution in [3.8, 4) is 0 Å². The molecular formula is C12H25N3O. The first-order valence-electron chi connectivity index (χ1n) is 6.22. The van der Waals surface area contributed by atoms with E-state index in [1.807, 2.05) is 11.8 Å². The second kappa shape index (κ2) is 5.64. The number of rotatable bonds is 3. The summed E-state index contributed by atoms with van der Waals surface area (Å²) in [6, 6.07) is 0.0995. The van der Waals surface area contributed by atoms with Crippen molar-refractivity contribution in [2.24, 2.45) is 11.7 Å². The van der Waals surface area contributed by atoms with E-state index < -0.39 is 0 Å². The second-order valence-corrected chi connectivity index (χ2v) is 5.03. The highest BCUT2D eigenvalue weighted by atomic mass is 16.2. The Balaban J connectivity index is 2.55. The zero-order valence-corrected chi connectivity index (χ0v) is 10.9. The average molecular weight is 227 g/mol. The lowest BCUT2D eigenvalue weighted by Gasteiger charge is -2.39. The zero-order valence-electron chi connectivity index (χ0n) is 10.9. The van der Waals surface area contributed by atoms with Gasteiger partial charge in [0.2, 0.25) is 5.91 Å². The summed E-state index contributed by atoms with van der Waals surface area (Å²) in [5.41, 5.74) is 5.98. The third-order valence-electron chi connectivity index (χ3n) is 3.81. The molecule has 94 valence electrons. The third kappa shape index (κ3) is 2.95. The van der Waals surface area contributed by atoms with Crippen molar-refractivity contribution < 1.29 is 4.79 Å². The molecule has 1 saturated heterocycles. The number of likely N-dealkylation sites (N-methyl/N-ethyl adjacent to an activating group) is 1. The first-order chi connectivity index (χ1) is 7.47. The second-order valence-electron chi connectivity index (χ2n) is 5.03. The summed E-state index contributed by atoms with van der Waals surface area (Å²) in [7, 11) is 2.10. The maximum absolute atomic E-state index is 12.1. The lowest BCUT2D eigenvalue weighted by atomic mass is 9.98. The van der Waals surface area contributed by atoms with Gasteiger partial charge in [0.25, 0.3) is 0 Å². The molecule has 4 heteroatoms. The molecule has 1 aliphatic heterocycles. The Kier molecular flexibility index (Phi) is 4.74. The maximum atomic E-state index is 12.1. The van der Waals surface area contributed by atoms with Gasteiger partial charge in [-0.3, -0.25) is 4.79 Å². The van der Waals surface area contributed by atoms with Crippen LogP contribution < -0.4 is 5.73 Å². The first kappa shape index (κ1) is 13.5. The van der Waals surface area contributed by atoms with Gasteiger partial charge in [0.05, 0.1) is 6.04 Å². The molecule has 1 rings (SSSR count). The predicted molar refractivity (Wildman–Crippen MR) is 66.1 cm³/mol. The topological polar surface area (TPSA) is 49.6 Å². The number of carbonyl (C=O) groups is 1. The van der Waals surface area contributed by atoms with Crippen LogP contribution >= 0.6 is 0 Å². The van der Waals surface area contributed by atoms with E-state index in [1.165, 1.54) is 0 Å². The zero-order chi connectivity index (χ0) is 12.3. The number of piperazine rings is 1. The smallest absolute Gasteiger partial charge is 0.239 e. The molecule has 0 bridgehead atoms. The van der Waals surface area contributed by atoms with Gasteiger partial charge >= 0.3 is 0 Å². The average Bonchev–Trinajstić information content (AvgIpc) is 2.29. The minimum atomic E-state index is -0.333. The Morgan fingerprint density at radius 2 is 2.12 bits per heavy atom. The molecule has 0 radical (unpaired) electrons. The van der Waals surface area contributed by atoms with E-state index in [1.54, 1.807) is 0 Å². The molecule has 1 aliphatic rings. The van der Waals surface area contributed by atoms with Crippen LogP contribution in [0.4, 0.5) is 0 Å². The van der Waals surface area contributed by atoms with Gasteiger partial charge in [-0.05, 0) is 19.9 Å². The van der Waals surface area contributed by atoms with Crippen molar-refractivity contribution in [1.29, 1.82) is 0 Å². The summed E-state index contributed by atoms with van der Waals surface area (Å²) in [6.45, 7) is 8.82. The van der Waals surface area contributed by atoms with Crippen molar-refractivity contribution in [2.45, 2.75) is 39.3 Å². The van der Waals surface area contributed by atoms with Crippen LogP contribution in [-0.4, -0.2) is 54.5 Å². The fraction of sp³-hybridized carbons (Fsp3) is 0.917. The van der Waals surface area contributed by atoms with Crippen LogP contribution in [0, 0.1) is 5.92 Å². The minimum Gasteiger partial charge on any atom is -0.339 e. The number of nitrogens with zero attached hydrogens (tertiary/aromatic N) is 2. The molecule has 1 heterocycles. The van der Waals surface area contributed by atoms with Gasteiger partial charge < -0.3 is 15.5 Å². The van der Waals surface area contributed by atoms with Crippen molar-refractivity contribution in [3.05, 3.63) is 0 Å². The molecule has 0 saturated carbocycles. The molecular weight excluding hydrogens is 202 g/mol. The standard InChI is InChI=1S/C12H25N3O/c1-5-9(2)11(13)12(16)15-7-6-14(4)10(3)8-15/h9-11H,5-8,13H2,1-4H3/t9-,10?,11-/m0/s1. The Hall–Kier alpha value is -0.610. The largest absolute Gasteiger partial charge is 0.339 e. The van der Waals surface area contributed by atoms with Crippen LogP contribution in [0.25, 0.3) is 0 Å². The Bertz CT molecular complexity index is 244. The summed E-state index contributed by atoms with van der Waals surface area (Å²) >= 11 is 0. The number of hydrogen-bond acceptors (Lipinski definition) is 3. The van der Waals surface area contributed by atoms with E-state index in [2.05, 4.69) is 25.8 Å². The Morgan fingerprint density at radius 3 is 2.62 bits per heavy atom. The first-order valence-corrected chi connectivity index (χ1v) is 6.22. The summed E-state index contributed by atoms with van der Waals surface area (Å²) in [6.07, 6.45) is 0.955. The predicted octanol–water partition coefficient (Wildman–Crippen LogP) is 0.522. The number of nitrogens with two attached hydrogens (primary N) is 1. The van der Waals surface area contributed by atoms with Crippen molar-refractivity contribution in [2.75, 3.05) is 26.7 Å². The lowest BCUT2D eigenvalue weighted by molar-refractivity contribution is -0.136. The molecule has 2 N–H and O–H groups in total. The van der Waals surface area contributed by atoms with E-state index in [0.717, 1.165) is 26.1 Å². The fourth-order valence-electron chi connectivity index (χ4n) is 1.96. The van der Waals surface area contributed by atoms with Crippen molar-refractivity contribution in [1.82, 2.24) is 9.80 Å². The van der Waals surface area contributed by atoms with E-state index in [0.29, 0.717) is 6.04 Å². The van der Waals surface area contributed by atoms with Crippen molar-refractivity contribution >= 4 is 5.91 Å². The van der Waals surface area contributed by atoms with Crippen LogP contribution in [-0.2, 0) is 4.79 Å². The maximum Gasteiger partial charge on any atom is 0.239 e. The van der Waals surface area contributed by atoms with E-state index in [4.69, 9.17) is 5.73 Å².